The molecule has 0 aromatic heterocycles. The van der Waals surface area contributed by atoms with Gasteiger partial charge in [0.15, 0.2) is 18.2 Å². The first-order chi connectivity index (χ1) is 10.5. The highest BCUT2D eigenvalue weighted by Gasteiger charge is 2.11. The molecule has 7 heteroatoms. The van der Waals surface area contributed by atoms with E-state index in [0.717, 1.165) is 12.1 Å². The monoisotopic (exact) mass is 325 g/mol. The molecule has 0 aliphatic rings. The summed E-state index contributed by atoms with van der Waals surface area (Å²) in [5, 5.41) is 2.75. The maximum absolute atomic E-state index is 13.0. The lowest BCUT2D eigenvalue weighted by molar-refractivity contribution is -0.119. The molecule has 2 rings (SSSR count). The van der Waals surface area contributed by atoms with Gasteiger partial charge in [0.1, 0.15) is 0 Å². The van der Waals surface area contributed by atoms with Crippen LogP contribution in [-0.4, -0.2) is 18.5 Å². The fraction of sp³-hybridized carbons (Fsp3) is 0.0667. The molecule has 0 bridgehead atoms. The van der Waals surface area contributed by atoms with Crippen LogP contribution in [0.2, 0.25) is 5.02 Å². The fourth-order valence-corrected chi connectivity index (χ4v) is 1.70. The van der Waals surface area contributed by atoms with Crippen molar-refractivity contribution in [2.75, 3.05) is 11.9 Å². The van der Waals surface area contributed by atoms with Gasteiger partial charge < -0.3 is 10.1 Å². The Labute approximate surface area is 129 Å². The van der Waals surface area contributed by atoms with Gasteiger partial charge in [0.25, 0.3) is 5.91 Å². The van der Waals surface area contributed by atoms with E-state index in [1.165, 1.54) is 30.3 Å². The molecule has 1 amide bonds. The molecule has 0 aliphatic carbocycles. The van der Waals surface area contributed by atoms with Crippen LogP contribution in [0.5, 0.6) is 0 Å². The summed E-state index contributed by atoms with van der Waals surface area (Å²) >= 11 is 5.68. The predicted molar refractivity (Wildman–Crippen MR) is 76.7 cm³/mol. The molecule has 0 aliphatic heterocycles. The first-order valence-corrected chi connectivity index (χ1v) is 6.51. The minimum absolute atomic E-state index is 0.0615. The second-order valence-electron chi connectivity index (χ2n) is 4.26. The molecule has 0 heterocycles. The van der Waals surface area contributed by atoms with Crippen LogP contribution < -0.4 is 5.32 Å². The van der Waals surface area contributed by atoms with E-state index < -0.39 is 30.1 Å². The number of ether oxygens (including phenoxy) is 1. The fourth-order valence-electron chi connectivity index (χ4n) is 1.57. The summed E-state index contributed by atoms with van der Waals surface area (Å²) in [4.78, 5) is 23.2. The first kappa shape index (κ1) is 15.9. The molecule has 22 heavy (non-hydrogen) atoms. The van der Waals surface area contributed by atoms with Gasteiger partial charge in [-0.05, 0) is 36.4 Å². The number of hydrogen-bond donors (Lipinski definition) is 1. The molecule has 4 nitrogen and oxygen atoms in total. The normalized spacial score (nSPS) is 10.1. The third-order valence-corrected chi connectivity index (χ3v) is 2.87. The number of halogens is 3. The highest BCUT2D eigenvalue weighted by Crippen LogP contribution is 2.13. The van der Waals surface area contributed by atoms with Crippen LogP contribution in [0, 0.1) is 11.6 Å². The van der Waals surface area contributed by atoms with Crippen molar-refractivity contribution in [2.24, 2.45) is 0 Å². The van der Waals surface area contributed by atoms with Crippen molar-refractivity contribution in [3.8, 4) is 0 Å². The Morgan fingerprint density at radius 2 is 1.73 bits per heavy atom. The average molecular weight is 326 g/mol. The molecule has 0 saturated heterocycles. The Balaban J connectivity index is 1.88. The minimum atomic E-state index is -1.09. The second kappa shape index (κ2) is 7.00. The van der Waals surface area contributed by atoms with Crippen LogP contribution >= 0.6 is 11.6 Å². The standard InChI is InChI=1S/C15H10ClF2NO3/c16-10-3-1-9(2-4-10)15(21)22-8-14(20)19-11-5-6-12(17)13(18)7-11/h1-7H,8H2,(H,19,20). The van der Waals surface area contributed by atoms with Gasteiger partial charge in [-0.2, -0.15) is 0 Å². The van der Waals surface area contributed by atoms with E-state index in [0.29, 0.717) is 5.02 Å². The average Bonchev–Trinajstić information content (AvgIpc) is 2.49. The molecule has 2 aromatic rings. The molecule has 2 aromatic carbocycles. The van der Waals surface area contributed by atoms with Gasteiger partial charge in [-0.15, -0.1) is 0 Å². The zero-order chi connectivity index (χ0) is 16.1. The lowest BCUT2D eigenvalue weighted by Crippen LogP contribution is -2.21. The summed E-state index contributed by atoms with van der Waals surface area (Å²) in [6.45, 7) is -0.555. The van der Waals surface area contributed by atoms with E-state index >= 15 is 0 Å². The second-order valence-corrected chi connectivity index (χ2v) is 4.70. The summed E-state index contributed by atoms with van der Waals surface area (Å²) in [6.07, 6.45) is 0. The lowest BCUT2D eigenvalue weighted by atomic mass is 10.2. The van der Waals surface area contributed by atoms with E-state index in [9.17, 15) is 18.4 Å². The Morgan fingerprint density at radius 1 is 1.05 bits per heavy atom. The van der Waals surface area contributed by atoms with Crippen LogP contribution in [0.4, 0.5) is 14.5 Å². The van der Waals surface area contributed by atoms with Crippen molar-refractivity contribution >= 4 is 29.2 Å². The maximum atomic E-state index is 13.0. The third-order valence-electron chi connectivity index (χ3n) is 2.62. The molecule has 1 N–H and O–H groups in total. The topological polar surface area (TPSA) is 55.4 Å². The van der Waals surface area contributed by atoms with Gasteiger partial charge in [0.05, 0.1) is 5.56 Å². The number of benzene rings is 2. The summed E-state index contributed by atoms with van der Waals surface area (Å²) in [5.74, 6) is -3.48. The summed E-state index contributed by atoms with van der Waals surface area (Å²) in [6, 6.07) is 8.84. The Hall–Kier alpha value is -2.47. The molecular formula is C15H10ClF2NO3. The lowest BCUT2D eigenvalue weighted by Gasteiger charge is -2.07. The van der Waals surface area contributed by atoms with Crippen molar-refractivity contribution < 1.29 is 23.1 Å². The number of hydrogen-bond acceptors (Lipinski definition) is 3. The maximum Gasteiger partial charge on any atom is 0.338 e. The van der Waals surface area contributed by atoms with Crippen LogP contribution in [-0.2, 0) is 9.53 Å². The van der Waals surface area contributed by atoms with Gasteiger partial charge in [-0.3, -0.25) is 4.79 Å². The number of anilines is 1. The number of esters is 1. The molecule has 0 unspecified atom stereocenters. The summed E-state index contributed by atoms with van der Waals surface area (Å²) < 4.78 is 30.5. The van der Waals surface area contributed by atoms with Gasteiger partial charge >= 0.3 is 5.97 Å². The molecular weight excluding hydrogens is 316 g/mol. The van der Waals surface area contributed by atoms with Crippen molar-refractivity contribution in [3.05, 3.63) is 64.7 Å². The molecule has 0 radical (unpaired) electrons. The highest BCUT2D eigenvalue weighted by molar-refractivity contribution is 6.30. The Morgan fingerprint density at radius 3 is 2.36 bits per heavy atom. The Bertz CT molecular complexity index is 704. The van der Waals surface area contributed by atoms with Gasteiger partial charge in [-0.1, -0.05) is 11.6 Å². The number of carbonyl (C=O) groups excluding carboxylic acids is 2. The molecule has 0 fully saturated rings. The quantitative estimate of drug-likeness (QED) is 0.876. The summed E-state index contributed by atoms with van der Waals surface area (Å²) in [5.41, 5.74) is 0.302. The van der Waals surface area contributed by atoms with E-state index in [1.54, 1.807) is 0 Å². The zero-order valence-electron chi connectivity index (χ0n) is 11.1. The molecule has 0 atom stereocenters. The van der Waals surface area contributed by atoms with Crippen LogP contribution in [0.1, 0.15) is 10.4 Å². The minimum Gasteiger partial charge on any atom is -0.452 e. The number of nitrogens with one attached hydrogen (secondary N) is 1. The largest absolute Gasteiger partial charge is 0.452 e. The zero-order valence-corrected chi connectivity index (χ0v) is 11.9. The van der Waals surface area contributed by atoms with Gasteiger partial charge in [-0.25, -0.2) is 13.6 Å². The third kappa shape index (κ3) is 4.26. The highest BCUT2D eigenvalue weighted by atomic mass is 35.5. The smallest absolute Gasteiger partial charge is 0.338 e. The van der Waals surface area contributed by atoms with Crippen molar-refractivity contribution in [1.29, 1.82) is 0 Å². The summed E-state index contributed by atoms with van der Waals surface area (Å²) in [7, 11) is 0. The van der Waals surface area contributed by atoms with E-state index in [2.05, 4.69) is 5.32 Å². The number of amides is 1. The SMILES string of the molecule is O=C(COC(=O)c1ccc(Cl)cc1)Nc1ccc(F)c(F)c1. The van der Waals surface area contributed by atoms with Crippen molar-refractivity contribution in [1.82, 2.24) is 0 Å². The van der Waals surface area contributed by atoms with Crippen molar-refractivity contribution in [2.45, 2.75) is 0 Å². The van der Waals surface area contributed by atoms with Crippen LogP contribution in [0.3, 0.4) is 0 Å². The van der Waals surface area contributed by atoms with Crippen molar-refractivity contribution in [3.63, 3.8) is 0 Å². The Kier molecular flexibility index (Phi) is 5.06. The van der Waals surface area contributed by atoms with Crippen LogP contribution in [0.15, 0.2) is 42.5 Å². The first-order valence-electron chi connectivity index (χ1n) is 6.13. The number of carbonyl (C=O) groups is 2. The number of rotatable bonds is 4. The predicted octanol–water partition coefficient (Wildman–Crippen LogP) is 3.41. The van der Waals surface area contributed by atoms with Gasteiger partial charge in [0.2, 0.25) is 0 Å². The van der Waals surface area contributed by atoms with Crippen LogP contribution in [0.25, 0.3) is 0 Å². The van der Waals surface area contributed by atoms with Gasteiger partial charge in [0, 0.05) is 16.8 Å². The van der Waals surface area contributed by atoms with E-state index in [-0.39, 0.29) is 11.3 Å². The molecule has 0 spiro atoms. The molecule has 114 valence electrons. The van der Waals surface area contributed by atoms with E-state index in [1.807, 2.05) is 0 Å². The van der Waals surface area contributed by atoms with E-state index in [4.69, 9.17) is 16.3 Å². The molecule has 0 saturated carbocycles.